The molecule has 22 heavy (non-hydrogen) atoms. The number of aliphatic hydroxyl groups is 1. The monoisotopic (exact) mass is 307 g/mol. The predicted octanol–water partition coefficient (Wildman–Crippen LogP) is 2.53. The summed E-state index contributed by atoms with van der Waals surface area (Å²) in [6.07, 6.45) is 1.22. The summed E-state index contributed by atoms with van der Waals surface area (Å²) in [5, 5.41) is 23.1. The Bertz CT molecular complexity index is 566. The van der Waals surface area contributed by atoms with Crippen LogP contribution in [0.4, 0.5) is 16.2 Å². The minimum absolute atomic E-state index is 0.0377. The molecule has 1 heterocycles. The van der Waals surface area contributed by atoms with Crippen molar-refractivity contribution >= 4 is 17.4 Å². The number of aliphatic hydroxyl groups excluding tert-OH is 1. The molecule has 2 rings (SSSR count). The summed E-state index contributed by atoms with van der Waals surface area (Å²) < 4.78 is 0. The van der Waals surface area contributed by atoms with Gasteiger partial charge in [0.15, 0.2) is 0 Å². The molecule has 1 aromatic carbocycles. The molecule has 120 valence electrons. The molecule has 2 amide bonds. The number of piperidine rings is 1. The highest BCUT2D eigenvalue weighted by Crippen LogP contribution is 2.23. The van der Waals surface area contributed by atoms with E-state index in [0.717, 1.165) is 12.8 Å². The van der Waals surface area contributed by atoms with Gasteiger partial charge in [-0.3, -0.25) is 10.1 Å². The van der Waals surface area contributed by atoms with Crippen LogP contribution < -0.4 is 5.32 Å². The van der Waals surface area contributed by atoms with Crippen LogP contribution in [0.2, 0.25) is 0 Å². The number of aryl methyl sites for hydroxylation is 1. The number of urea groups is 1. The van der Waals surface area contributed by atoms with E-state index in [-0.39, 0.29) is 23.7 Å². The molecule has 1 aliphatic rings. The van der Waals surface area contributed by atoms with Gasteiger partial charge < -0.3 is 15.3 Å². The van der Waals surface area contributed by atoms with E-state index in [9.17, 15) is 20.0 Å². The lowest BCUT2D eigenvalue weighted by atomic mass is 9.92. The molecule has 2 N–H and O–H groups in total. The molecular weight excluding hydrogens is 286 g/mol. The van der Waals surface area contributed by atoms with Crippen LogP contribution in [0.3, 0.4) is 0 Å². The number of carbonyl (C=O) groups is 1. The molecule has 1 fully saturated rings. The Hall–Kier alpha value is -2.15. The zero-order valence-corrected chi connectivity index (χ0v) is 12.8. The first-order valence-electron chi connectivity index (χ1n) is 7.37. The maximum Gasteiger partial charge on any atom is 0.321 e. The smallest absolute Gasteiger partial charge is 0.321 e. The third-order valence-corrected chi connectivity index (χ3v) is 4.15. The molecule has 0 radical (unpaired) electrons. The maximum atomic E-state index is 12.2. The lowest BCUT2D eigenvalue weighted by Crippen LogP contribution is -2.42. The lowest BCUT2D eigenvalue weighted by molar-refractivity contribution is -0.385. The van der Waals surface area contributed by atoms with Gasteiger partial charge in [0.05, 0.1) is 11.0 Å². The second kappa shape index (κ2) is 6.74. The van der Waals surface area contributed by atoms with Crippen LogP contribution in [0.1, 0.15) is 25.3 Å². The Kier molecular flexibility index (Phi) is 4.97. The van der Waals surface area contributed by atoms with Gasteiger partial charge in [0.25, 0.3) is 5.69 Å². The highest BCUT2D eigenvalue weighted by molar-refractivity contribution is 5.89. The molecule has 7 nitrogen and oxygen atoms in total. The Balaban J connectivity index is 1.95. The van der Waals surface area contributed by atoms with Crippen molar-refractivity contribution in [3.05, 3.63) is 33.9 Å². The van der Waals surface area contributed by atoms with Crippen LogP contribution in [0.25, 0.3) is 0 Å². The van der Waals surface area contributed by atoms with Crippen molar-refractivity contribution in [1.29, 1.82) is 0 Å². The molecule has 1 aliphatic heterocycles. The van der Waals surface area contributed by atoms with E-state index < -0.39 is 4.92 Å². The number of nitrogens with zero attached hydrogens (tertiary/aromatic N) is 2. The minimum Gasteiger partial charge on any atom is -0.393 e. The van der Waals surface area contributed by atoms with Gasteiger partial charge in [-0.1, -0.05) is 0 Å². The number of carbonyl (C=O) groups excluding carboxylic acids is 1. The van der Waals surface area contributed by atoms with Crippen LogP contribution in [0.15, 0.2) is 18.2 Å². The number of amides is 2. The van der Waals surface area contributed by atoms with Crippen LogP contribution >= 0.6 is 0 Å². The summed E-state index contributed by atoms with van der Waals surface area (Å²) >= 11 is 0. The topological polar surface area (TPSA) is 95.7 Å². The standard InChI is InChI=1S/C15H21N3O4/c1-10-9-13(3-4-14(10)18(21)22)16-15(20)17-7-5-12(6-8-17)11(2)19/h3-4,9,11-12,19H,5-8H2,1-2H3,(H,16,20)/t11-/m0/s1. The largest absolute Gasteiger partial charge is 0.393 e. The molecule has 7 heteroatoms. The van der Waals surface area contributed by atoms with Gasteiger partial charge >= 0.3 is 6.03 Å². The van der Waals surface area contributed by atoms with Crippen molar-refractivity contribution in [2.45, 2.75) is 32.8 Å². The van der Waals surface area contributed by atoms with Crippen molar-refractivity contribution in [2.24, 2.45) is 5.92 Å². The Morgan fingerprint density at radius 2 is 2.09 bits per heavy atom. The number of rotatable bonds is 3. The highest BCUT2D eigenvalue weighted by Gasteiger charge is 2.25. The summed E-state index contributed by atoms with van der Waals surface area (Å²) in [4.78, 5) is 24.2. The molecule has 0 aromatic heterocycles. The average Bonchev–Trinajstić information content (AvgIpc) is 2.47. The first-order chi connectivity index (χ1) is 10.4. The summed E-state index contributed by atoms with van der Waals surface area (Å²) in [6, 6.07) is 4.31. The van der Waals surface area contributed by atoms with Crippen molar-refractivity contribution in [2.75, 3.05) is 18.4 Å². The molecular formula is C15H21N3O4. The van der Waals surface area contributed by atoms with E-state index in [2.05, 4.69) is 5.32 Å². The molecule has 1 saturated heterocycles. The number of benzene rings is 1. The fourth-order valence-electron chi connectivity index (χ4n) is 2.73. The van der Waals surface area contributed by atoms with Crippen LogP contribution in [-0.4, -0.2) is 40.2 Å². The Labute approximate surface area is 129 Å². The number of likely N-dealkylation sites (tertiary alicyclic amines) is 1. The number of nitro groups is 1. The van der Waals surface area contributed by atoms with Gasteiger partial charge in [0.2, 0.25) is 0 Å². The first kappa shape index (κ1) is 16.2. The van der Waals surface area contributed by atoms with Crippen molar-refractivity contribution in [1.82, 2.24) is 4.90 Å². The molecule has 1 atom stereocenters. The third-order valence-electron chi connectivity index (χ3n) is 4.15. The second-order valence-corrected chi connectivity index (χ2v) is 5.75. The van der Waals surface area contributed by atoms with E-state index >= 15 is 0 Å². The second-order valence-electron chi connectivity index (χ2n) is 5.75. The highest BCUT2D eigenvalue weighted by atomic mass is 16.6. The fourth-order valence-corrected chi connectivity index (χ4v) is 2.73. The van der Waals surface area contributed by atoms with E-state index in [0.29, 0.717) is 24.3 Å². The van der Waals surface area contributed by atoms with Gasteiger partial charge in [-0.2, -0.15) is 0 Å². The molecule has 0 bridgehead atoms. The van der Waals surface area contributed by atoms with Crippen LogP contribution in [-0.2, 0) is 0 Å². The zero-order valence-electron chi connectivity index (χ0n) is 12.8. The number of nitro benzene ring substituents is 1. The van der Waals surface area contributed by atoms with Crippen molar-refractivity contribution in [3.8, 4) is 0 Å². The van der Waals surface area contributed by atoms with E-state index in [4.69, 9.17) is 0 Å². The summed E-state index contributed by atoms with van der Waals surface area (Å²) in [5.74, 6) is 0.241. The van der Waals surface area contributed by atoms with E-state index in [1.165, 1.54) is 12.1 Å². The van der Waals surface area contributed by atoms with Crippen molar-refractivity contribution < 1.29 is 14.8 Å². The van der Waals surface area contributed by atoms with Gasteiger partial charge in [-0.15, -0.1) is 0 Å². The summed E-state index contributed by atoms with van der Waals surface area (Å²) in [6.45, 7) is 4.63. The fraction of sp³-hybridized carbons (Fsp3) is 0.533. The summed E-state index contributed by atoms with van der Waals surface area (Å²) in [7, 11) is 0. The van der Waals surface area contributed by atoms with Gasteiger partial charge in [-0.25, -0.2) is 4.79 Å². The van der Waals surface area contributed by atoms with Gasteiger partial charge in [0.1, 0.15) is 0 Å². The third kappa shape index (κ3) is 3.73. The SMILES string of the molecule is Cc1cc(NC(=O)N2CCC([C@H](C)O)CC2)ccc1[N+](=O)[O-]. The van der Waals surface area contributed by atoms with Crippen LogP contribution in [0.5, 0.6) is 0 Å². The number of anilines is 1. The van der Waals surface area contributed by atoms with Gasteiger partial charge in [0, 0.05) is 30.4 Å². The van der Waals surface area contributed by atoms with E-state index in [1.54, 1.807) is 24.8 Å². The van der Waals surface area contributed by atoms with E-state index in [1.807, 2.05) is 0 Å². The number of hydrogen-bond donors (Lipinski definition) is 2. The molecule has 1 aromatic rings. The molecule has 0 aliphatic carbocycles. The molecule has 0 saturated carbocycles. The summed E-state index contributed by atoms with van der Waals surface area (Å²) in [5.41, 5.74) is 1.09. The number of nitrogens with one attached hydrogen (secondary N) is 1. The predicted molar refractivity (Wildman–Crippen MR) is 82.8 cm³/mol. The maximum absolute atomic E-state index is 12.2. The quantitative estimate of drug-likeness (QED) is 0.662. The molecule has 0 unspecified atom stereocenters. The number of hydrogen-bond acceptors (Lipinski definition) is 4. The normalized spacial score (nSPS) is 17.1. The lowest BCUT2D eigenvalue weighted by Gasteiger charge is -2.33. The minimum atomic E-state index is -0.443. The van der Waals surface area contributed by atoms with Crippen LogP contribution in [0, 0.1) is 23.0 Å². The Morgan fingerprint density at radius 3 is 2.59 bits per heavy atom. The molecule has 0 spiro atoms. The first-order valence-corrected chi connectivity index (χ1v) is 7.37. The zero-order chi connectivity index (χ0) is 16.3. The Morgan fingerprint density at radius 1 is 1.45 bits per heavy atom. The average molecular weight is 307 g/mol. The van der Waals surface area contributed by atoms with Crippen molar-refractivity contribution in [3.63, 3.8) is 0 Å². The van der Waals surface area contributed by atoms with Gasteiger partial charge in [-0.05, 0) is 44.7 Å².